The van der Waals surface area contributed by atoms with Crippen molar-refractivity contribution in [2.45, 2.75) is 26.0 Å². The Morgan fingerprint density at radius 1 is 1.00 bits per heavy atom. The standard InChI is InChI=1S/C29H26N2O5/c1-20-25(28(31-36-20)23-10-6-3-7-11-23)19-35-24-15-12-21(13-16-24)14-17-27(32)30-26(29(33)34)18-22-8-4-2-5-9-22/h2-17,26H,18-19H2,1H3,(H,30,32)(H,33,34)/b17-14+/t26-/m0/s1. The van der Waals surface area contributed by atoms with E-state index in [0.717, 1.165) is 27.9 Å². The summed E-state index contributed by atoms with van der Waals surface area (Å²) >= 11 is 0. The Kier molecular flexibility index (Phi) is 7.93. The molecular formula is C29H26N2O5. The molecule has 0 bridgehead atoms. The van der Waals surface area contributed by atoms with Gasteiger partial charge in [0.2, 0.25) is 5.91 Å². The van der Waals surface area contributed by atoms with Gasteiger partial charge >= 0.3 is 5.97 Å². The fourth-order valence-corrected chi connectivity index (χ4v) is 3.66. The van der Waals surface area contributed by atoms with E-state index in [1.807, 2.05) is 79.7 Å². The number of nitrogens with one attached hydrogen (secondary N) is 1. The number of carbonyl (C=O) groups is 2. The Labute approximate surface area is 209 Å². The van der Waals surface area contributed by atoms with Crippen LogP contribution in [-0.4, -0.2) is 28.2 Å². The lowest BCUT2D eigenvalue weighted by atomic mass is 10.1. The molecule has 1 aromatic heterocycles. The van der Waals surface area contributed by atoms with Gasteiger partial charge in [-0.25, -0.2) is 4.79 Å². The molecular weight excluding hydrogens is 456 g/mol. The van der Waals surface area contributed by atoms with Gasteiger partial charge in [-0.3, -0.25) is 4.79 Å². The molecule has 0 aliphatic rings. The Balaban J connectivity index is 1.33. The molecule has 4 aromatic rings. The van der Waals surface area contributed by atoms with Gasteiger partial charge in [0.1, 0.15) is 29.9 Å². The summed E-state index contributed by atoms with van der Waals surface area (Å²) in [6, 6.07) is 25.2. The largest absolute Gasteiger partial charge is 0.489 e. The number of aliphatic carboxylic acids is 1. The van der Waals surface area contributed by atoms with E-state index in [9.17, 15) is 14.7 Å². The molecule has 182 valence electrons. The first-order valence-corrected chi connectivity index (χ1v) is 11.5. The number of ether oxygens (including phenoxy) is 1. The second-order valence-corrected chi connectivity index (χ2v) is 8.21. The number of aromatic nitrogens is 1. The van der Waals surface area contributed by atoms with Gasteiger partial charge in [-0.05, 0) is 36.3 Å². The van der Waals surface area contributed by atoms with Crippen LogP contribution in [-0.2, 0) is 22.6 Å². The predicted octanol–water partition coefficient (Wildman–Crippen LogP) is 5.05. The van der Waals surface area contributed by atoms with Crippen LogP contribution in [0.25, 0.3) is 17.3 Å². The third-order valence-electron chi connectivity index (χ3n) is 5.62. The van der Waals surface area contributed by atoms with Crippen molar-refractivity contribution in [1.29, 1.82) is 0 Å². The summed E-state index contributed by atoms with van der Waals surface area (Å²) < 4.78 is 11.3. The number of aryl methyl sites for hydroxylation is 1. The number of amides is 1. The fraction of sp³-hybridized carbons (Fsp3) is 0.138. The van der Waals surface area contributed by atoms with Crippen molar-refractivity contribution >= 4 is 18.0 Å². The molecule has 0 aliphatic carbocycles. The Hall–Kier alpha value is -4.65. The molecule has 7 heteroatoms. The van der Waals surface area contributed by atoms with Crippen molar-refractivity contribution in [3.05, 3.63) is 113 Å². The molecule has 2 N–H and O–H groups in total. The van der Waals surface area contributed by atoms with Crippen LogP contribution in [0.1, 0.15) is 22.5 Å². The summed E-state index contributed by atoms with van der Waals surface area (Å²) in [5.74, 6) is -0.202. The molecule has 1 heterocycles. The van der Waals surface area contributed by atoms with Gasteiger partial charge in [0, 0.05) is 18.1 Å². The number of rotatable bonds is 10. The maximum absolute atomic E-state index is 12.3. The van der Waals surface area contributed by atoms with Gasteiger partial charge < -0.3 is 19.7 Å². The highest BCUT2D eigenvalue weighted by atomic mass is 16.5. The second kappa shape index (κ2) is 11.7. The zero-order valence-electron chi connectivity index (χ0n) is 19.8. The van der Waals surface area contributed by atoms with Gasteiger partial charge in [0.25, 0.3) is 0 Å². The molecule has 1 atom stereocenters. The van der Waals surface area contributed by atoms with Gasteiger partial charge in [-0.1, -0.05) is 78.0 Å². The number of carbonyl (C=O) groups excluding carboxylic acids is 1. The average Bonchev–Trinajstić information content (AvgIpc) is 3.27. The predicted molar refractivity (Wildman–Crippen MR) is 136 cm³/mol. The van der Waals surface area contributed by atoms with Crippen LogP contribution >= 0.6 is 0 Å². The molecule has 1 amide bonds. The van der Waals surface area contributed by atoms with E-state index in [1.54, 1.807) is 18.2 Å². The summed E-state index contributed by atoms with van der Waals surface area (Å²) in [5.41, 5.74) is 4.21. The van der Waals surface area contributed by atoms with E-state index < -0.39 is 17.9 Å². The van der Waals surface area contributed by atoms with E-state index in [4.69, 9.17) is 9.26 Å². The van der Waals surface area contributed by atoms with Crippen LogP contribution in [0.4, 0.5) is 0 Å². The molecule has 0 saturated carbocycles. The van der Waals surface area contributed by atoms with Gasteiger partial charge in [-0.15, -0.1) is 0 Å². The van der Waals surface area contributed by atoms with Crippen molar-refractivity contribution in [2.24, 2.45) is 0 Å². The number of carboxylic acids is 1. The Morgan fingerprint density at radius 3 is 2.33 bits per heavy atom. The van der Waals surface area contributed by atoms with Crippen LogP contribution in [0, 0.1) is 6.92 Å². The lowest BCUT2D eigenvalue weighted by molar-refractivity contribution is -0.141. The summed E-state index contributed by atoms with van der Waals surface area (Å²) in [7, 11) is 0. The minimum atomic E-state index is -1.08. The molecule has 3 aromatic carbocycles. The first-order valence-electron chi connectivity index (χ1n) is 11.5. The fourth-order valence-electron chi connectivity index (χ4n) is 3.66. The van der Waals surface area contributed by atoms with Gasteiger partial charge in [0.15, 0.2) is 0 Å². The van der Waals surface area contributed by atoms with Gasteiger partial charge in [-0.2, -0.15) is 0 Å². The van der Waals surface area contributed by atoms with Crippen molar-refractivity contribution in [3.8, 4) is 17.0 Å². The van der Waals surface area contributed by atoms with E-state index in [-0.39, 0.29) is 6.42 Å². The molecule has 0 radical (unpaired) electrons. The monoisotopic (exact) mass is 482 g/mol. The smallest absolute Gasteiger partial charge is 0.326 e. The maximum Gasteiger partial charge on any atom is 0.326 e. The van der Waals surface area contributed by atoms with E-state index in [0.29, 0.717) is 18.1 Å². The molecule has 0 saturated heterocycles. The average molecular weight is 483 g/mol. The lowest BCUT2D eigenvalue weighted by Crippen LogP contribution is -2.41. The topological polar surface area (TPSA) is 102 Å². The molecule has 36 heavy (non-hydrogen) atoms. The van der Waals surface area contributed by atoms with Crippen LogP contribution in [0.15, 0.2) is 95.5 Å². The highest BCUT2D eigenvalue weighted by Crippen LogP contribution is 2.26. The number of nitrogens with zero attached hydrogens (tertiary/aromatic N) is 1. The van der Waals surface area contributed by atoms with Crippen LogP contribution in [0.5, 0.6) is 5.75 Å². The third kappa shape index (κ3) is 6.48. The molecule has 0 fully saturated rings. The normalized spacial score (nSPS) is 11.8. The first-order chi connectivity index (χ1) is 17.5. The van der Waals surface area contributed by atoms with Crippen molar-refractivity contribution in [3.63, 3.8) is 0 Å². The number of benzene rings is 3. The maximum atomic E-state index is 12.3. The highest BCUT2D eigenvalue weighted by Gasteiger charge is 2.19. The van der Waals surface area contributed by atoms with Crippen LogP contribution < -0.4 is 10.1 Å². The van der Waals surface area contributed by atoms with Crippen LogP contribution in [0.2, 0.25) is 0 Å². The second-order valence-electron chi connectivity index (χ2n) is 8.21. The zero-order chi connectivity index (χ0) is 25.3. The first kappa shape index (κ1) is 24.5. The lowest BCUT2D eigenvalue weighted by Gasteiger charge is -2.13. The van der Waals surface area contributed by atoms with Crippen molar-refractivity contribution in [2.75, 3.05) is 0 Å². The SMILES string of the molecule is Cc1onc(-c2ccccc2)c1COc1ccc(/C=C/C(=O)N[C@@H](Cc2ccccc2)C(=O)O)cc1. The Morgan fingerprint density at radius 2 is 1.67 bits per heavy atom. The molecule has 0 aliphatic heterocycles. The number of hydrogen-bond donors (Lipinski definition) is 2. The molecule has 7 nitrogen and oxygen atoms in total. The summed E-state index contributed by atoms with van der Waals surface area (Å²) in [5, 5.41) is 16.2. The van der Waals surface area contributed by atoms with E-state index >= 15 is 0 Å². The Bertz CT molecular complexity index is 1330. The van der Waals surface area contributed by atoms with Crippen molar-refractivity contribution in [1.82, 2.24) is 10.5 Å². The van der Waals surface area contributed by atoms with E-state index in [1.165, 1.54) is 6.08 Å². The highest BCUT2D eigenvalue weighted by molar-refractivity contribution is 5.94. The number of carboxylic acid groups (broad SMARTS) is 1. The zero-order valence-corrected chi connectivity index (χ0v) is 19.8. The summed E-state index contributed by atoms with van der Waals surface area (Å²) in [6.07, 6.45) is 3.15. The quantitative estimate of drug-likeness (QED) is 0.307. The van der Waals surface area contributed by atoms with E-state index in [2.05, 4.69) is 10.5 Å². The number of hydrogen-bond acceptors (Lipinski definition) is 5. The summed E-state index contributed by atoms with van der Waals surface area (Å²) in [6.45, 7) is 2.15. The van der Waals surface area contributed by atoms with Crippen molar-refractivity contribution < 1.29 is 24.0 Å². The minimum Gasteiger partial charge on any atom is -0.489 e. The summed E-state index contributed by atoms with van der Waals surface area (Å²) in [4.78, 5) is 23.9. The molecule has 0 spiro atoms. The third-order valence-corrected chi connectivity index (χ3v) is 5.62. The van der Waals surface area contributed by atoms with Crippen LogP contribution in [0.3, 0.4) is 0 Å². The minimum absolute atomic E-state index is 0.208. The molecule has 4 rings (SSSR count). The van der Waals surface area contributed by atoms with Gasteiger partial charge in [0.05, 0.1) is 5.56 Å². The molecule has 0 unspecified atom stereocenters.